The smallest absolute Gasteiger partial charge is 0.454 e. The summed E-state index contributed by atoms with van der Waals surface area (Å²) in [4.78, 5) is 9.82. The normalized spacial score (nSPS) is 14.5. The molecule has 0 aromatic rings. The van der Waals surface area contributed by atoms with E-state index in [9.17, 15) is 36.2 Å². The van der Waals surface area contributed by atoms with Crippen molar-refractivity contribution in [2.75, 3.05) is 0 Å². The molecule has 0 unspecified atom stereocenters. The number of halogens is 6. The number of hydrogen-bond acceptors (Lipinski definition) is 2. The maximum absolute atomic E-state index is 11.3. The Labute approximate surface area is 67.5 Å². The van der Waals surface area contributed by atoms with Crippen molar-refractivity contribution in [1.82, 2.24) is 0 Å². The third kappa shape index (κ3) is 3.81. The highest BCUT2D eigenvalue weighted by Gasteiger charge is 2.38. The molecule has 0 heterocycles. The monoisotopic (exact) mass is 207 g/mol. The Morgan fingerprint density at radius 1 is 1.00 bits per heavy atom. The second-order valence-corrected chi connectivity index (χ2v) is 1.87. The quantitative estimate of drug-likeness (QED) is 0.364. The van der Waals surface area contributed by atoms with Gasteiger partial charge in [-0.05, 0) is 11.8 Å². The summed E-state index contributed by atoms with van der Waals surface area (Å²) in [6.07, 6.45) is -11.9. The molecule has 0 spiro atoms. The fourth-order valence-corrected chi connectivity index (χ4v) is 0.283. The summed E-state index contributed by atoms with van der Waals surface area (Å²) in [6.45, 7) is 0. The van der Waals surface area contributed by atoms with Crippen molar-refractivity contribution in [3.8, 4) is 0 Å². The highest BCUT2D eigenvalue weighted by atomic mass is 19.4. The molecule has 0 bridgehead atoms. The van der Waals surface area contributed by atoms with Crippen molar-refractivity contribution in [2.45, 2.75) is 12.4 Å². The predicted molar refractivity (Wildman–Crippen MR) is 25.2 cm³/mol. The lowest BCUT2D eigenvalue weighted by Crippen LogP contribution is -2.28. The standard InChI is InChI=1S/C5H2F6O2/c6-4(7,8)2(12)1-3(13)5(9,10)11/h1,12H/p-1. The second-order valence-electron chi connectivity index (χ2n) is 1.87. The fourth-order valence-electron chi connectivity index (χ4n) is 0.283. The summed E-state index contributed by atoms with van der Waals surface area (Å²) < 4.78 is 67.8. The Morgan fingerprint density at radius 2 is 1.38 bits per heavy atom. The first-order valence-electron chi connectivity index (χ1n) is 2.62. The van der Waals surface area contributed by atoms with Crippen LogP contribution < -0.4 is 5.11 Å². The Hall–Kier alpha value is -1.21. The third-order valence-electron chi connectivity index (χ3n) is 0.821. The molecule has 0 aliphatic carbocycles. The number of hydrogen-bond donors (Lipinski definition) is 0. The minimum Gasteiger partial charge on any atom is -0.869 e. The number of ketones is 1. The van der Waals surface area contributed by atoms with E-state index in [2.05, 4.69) is 0 Å². The van der Waals surface area contributed by atoms with Gasteiger partial charge in [0.2, 0.25) is 0 Å². The molecule has 0 rings (SSSR count). The van der Waals surface area contributed by atoms with Crippen LogP contribution in [0.4, 0.5) is 26.3 Å². The van der Waals surface area contributed by atoms with Crippen molar-refractivity contribution in [3.05, 3.63) is 11.8 Å². The van der Waals surface area contributed by atoms with Crippen LogP contribution in [0.5, 0.6) is 0 Å². The SMILES string of the molecule is O=C(C=C([O-])C(F)(F)F)C(F)(F)F. The van der Waals surface area contributed by atoms with Gasteiger partial charge in [-0.2, -0.15) is 26.3 Å². The molecule has 0 N–H and O–H groups in total. The highest BCUT2D eigenvalue weighted by molar-refractivity contribution is 5.94. The summed E-state index contributed by atoms with van der Waals surface area (Å²) >= 11 is 0. The van der Waals surface area contributed by atoms with Crippen molar-refractivity contribution in [1.29, 1.82) is 0 Å². The molecule has 0 saturated carbocycles. The Balaban J connectivity index is 4.70. The third-order valence-corrected chi connectivity index (χ3v) is 0.821. The van der Waals surface area contributed by atoms with Gasteiger partial charge in [-0.25, -0.2) is 0 Å². The van der Waals surface area contributed by atoms with E-state index in [1.807, 2.05) is 0 Å². The van der Waals surface area contributed by atoms with Gasteiger partial charge in [-0.3, -0.25) is 4.79 Å². The van der Waals surface area contributed by atoms with Crippen LogP contribution in [0, 0.1) is 0 Å². The molecule has 8 heteroatoms. The summed E-state index contributed by atoms with van der Waals surface area (Å²) in [6, 6.07) is 0. The van der Waals surface area contributed by atoms with Crippen LogP contribution >= 0.6 is 0 Å². The maximum atomic E-state index is 11.3. The minimum absolute atomic E-state index is 1.03. The van der Waals surface area contributed by atoms with E-state index in [-0.39, 0.29) is 0 Å². The van der Waals surface area contributed by atoms with Crippen molar-refractivity contribution < 1.29 is 36.2 Å². The molecule has 0 saturated heterocycles. The van der Waals surface area contributed by atoms with E-state index < -0.39 is 30.0 Å². The summed E-state index contributed by atoms with van der Waals surface area (Å²) in [5, 5.41) is 9.82. The van der Waals surface area contributed by atoms with Crippen molar-refractivity contribution in [2.24, 2.45) is 0 Å². The number of carbonyl (C=O) groups excluding carboxylic acids is 1. The van der Waals surface area contributed by atoms with Gasteiger partial charge in [0.15, 0.2) is 0 Å². The Morgan fingerprint density at radius 3 is 1.62 bits per heavy atom. The first-order chi connectivity index (χ1) is 5.55. The molecule has 0 aromatic heterocycles. The molecular formula is C5HF6O2-. The number of alkyl halides is 6. The summed E-state index contributed by atoms with van der Waals surface area (Å²) in [5.41, 5.74) is 0. The molecular weight excluding hydrogens is 206 g/mol. The van der Waals surface area contributed by atoms with Crippen LogP contribution in [0.15, 0.2) is 11.8 Å². The van der Waals surface area contributed by atoms with Gasteiger partial charge in [0.25, 0.3) is 5.78 Å². The lowest BCUT2D eigenvalue weighted by atomic mass is 10.3. The molecule has 0 radical (unpaired) electrons. The van der Waals surface area contributed by atoms with Crippen LogP contribution in [0.25, 0.3) is 0 Å². The summed E-state index contributed by atoms with van der Waals surface area (Å²) in [7, 11) is 0. The first kappa shape index (κ1) is 11.8. The number of rotatable bonds is 1. The van der Waals surface area contributed by atoms with Crippen molar-refractivity contribution >= 4 is 5.78 Å². The zero-order valence-corrected chi connectivity index (χ0v) is 5.66. The first-order valence-corrected chi connectivity index (χ1v) is 2.62. The van der Waals surface area contributed by atoms with Gasteiger partial charge in [0.1, 0.15) is 0 Å². The zero-order chi connectivity index (χ0) is 10.9. The zero-order valence-electron chi connectivity index (χ0n) is 5.66. The Kier molecular flexibility index (Phi) is 2.96. The van der Waals surface area contributed by atoms with Crippen LogP contribution in [0.3, 0.4) is 0 Å². The van der Waals surface area contributed by atoms with E-state index in [1.165, 1.54) is 0 Å². The summed E-state index contributed by atoms with van der Waals surface area (Å²) in [5.74, 6) is -5.65. The lowest BCUT2D eigenvalue weighted by Gasteiger charge is -2.15. The van der Waals surface area contributed by atoms with E-state index in [0.717, 1.165) is 0 Å². The number of allylic oxidation sites excluding steroid dienone is 2. The molecule has 0 fully saturated rings. The van der Waals surface area contributed by atoms with Gasteiger partial charge in [-0.1, -0.05) is 0 Å². The van der Waals surface area contributed by atoms with Gasteiger partial charge >= 0.3 is 12.4 Å². The van der Waals surface area contributed by atoms with Crippen LogP contribution in [-0.2, 0) is 4.79 Å². The van der Waals surface area contributed by atoms with E-state index in [1.54, 1.807) is 0 Å². The molecule has 0 aliphatic heterocycles. The molecule has 0 atom stereocenters. The number of carbonyl (C=O) groups is 1. The predicted octanol–water partition coefficient (Wildman–Crippen LogP) is 0.924. The molecule has 13 heavy (non-hydrogen) atoms. The van der Waals surface area contributed by atoms with Crippen LogP contribution in [0.2, 0.25) is 0 Å². The second kappa shape index (κ2) is 3.27. The molecule has 0 aromatic carbocycles. The molecule has 76 valence electrons. The average molecular weight is 207 g/mol. The topological polar surface area (TPSA) is 40.1 Å². The minimum atomic E-state index is -5.46. The van der Waals surface area contributed by atoms with Crippen LogP contribution in [0.1, 0.15) is 0 Å². The van der Waals surface area contributed by atoms with Crippen molar-refractivity contribution in [3.63, 3.8) is 0 Å². The lowest BCUT2D eigenvalue weighted by molar-refractivity contribution is -0.360. The molecule has 0 aliphatic rings. The van der Waals surface area contributed by atoms with Gasteiger partial charge in [0.05, 0.1) is 0 Å². The van der Waals surface area contributed by atoms with E-state index in [0.29, 0.717) is 0 Å². The fraction of sp³-hybridized carbons (Fsp3) is 0.400. The molecule has 0 amide bonds. The van der Waals surface area contributed by atoms with Gasteiger partial charge < -0.3 is 5.11 Å². The van der Waals surface area contributed by atoms with Gasteiger partial charge in [-0.15, -0.1) is 0 Å². The average Bonchev–Trinajstić information content (AvgIpc) is 1.82. The largest absolute Gasteiger partial charge is 0.869 e. The van der Waals surface area contributed by atoms with Gasteiger partial charge in [0, 0.05) is 0 Å². The van der Waals surface area contributed by atoms with E-state index in [4.69, 9.17) is 0 Å². The van der Waals surface area contributed by atoms with E-state index >= 15 is 0 Å². The van der Waals surface area contributed by atoms with Crippen LogP contribution in [-0.4, -0.2) is 18.1 Å². The Bertz CT molecular complexity index is 234. The maximum Gasteiger partial charge on any atom is 0.454 e. The molecule has 2 nitrogen and oxygen atoms in total. The highest BCUT2D eigenvalue weighted by Crippen LogP contribution is 2.23.